The first-order valence-electron chi connectivity index (χ1n) is 5.49. The number of halogens is 1. The van der Waals surface area contributed by atoms with Crippen molar-refractivity contribution in [3.05, 3.63) is 24.3 Å². The van der Waals surface area contributed by atoms with E-state index in [1.807, 2.05) is 0 Å². The van der Waals surface area contributed by atoms with Gasteiger partial charge >= 0.3 is 6.09 Å². The van der Waals surface area contributed by atoms with E-state index in [9.17, 15) is 4.79 Å². The molecule has 0 fully saturated rings. The largest absolute Gasteiger partial charge is 0.494 e. The summed E-state index contributed by atoms with van der Waals surface area (Å²) in [4.78, 5) is 11.1. The molecule has 5 heteroatoms. The Kier molecular flexibility index (Phi) is 6.25. The number of carbonyl (C=O) groups excluding carboxylic acids is 1. The molecule has 0 aromatic heterocycles. The van der Waals surface area contributed by atoms with Gasteiger partial charge in [0.25, 0.3) is 0 Å². The van der Waals surface area contributed by atoms with E-state index >= 15 is 0 Å². The van der Waals surface area contributed by atoms with Gasteiger partial charge in [-0.15, -0.1) is 11.6 Å². The van der Waals surface area contributed by atoms with E-state index in [2.05, 4.69) is 5.32 Å². The molecule has 1 rings (SSSR count). The van der Waals surface area contributed by atoms with E-state index in [0.717, 1.165) is 12.2 Å². The Bertz CT molecular complexity index is 340. The quantitative estimate of drug-likeness (QED) is 0.629. The predicted molar refractivity (Wildman–Crippen MR) is 67.9 cm³/mol. The molecule has 0 heterocycles. The van der Waals surface area contributed by atoms with Crippen molar-refractivity contribution in [3.63, 3.8) is 0 Å². The minimum atomic E-state index is -0.455. The molecule has 0 radical (unpaired) electrons. The molecule has 0 saturated heterocycles. The first kappa shape index (κ1) is 13.6. The molecule has 0 aliphatic carbocycles. The Balaban J connectivity index is 2.41. The molecule has 94 valence electrons. The summed E-state index contributed by atoms with van der Waals surface area (Å²) in [6.07, 6.45) is 0.355. The molecule has 0 saturated carbocycles. The van der Waals surface area contributed by atoms with Crippen molar-refractivity contribution in [2.75, 3.05) is 24.4 Å². The number of hydrogen-bond donors (Lipinski definition) is 1. The lowest BCUT2D eigenvalue weighted by atomic mass is 10.3. The van der Waals surface area contributed by atoms with Crippen LogP contribution < -0.4 is 10.1 Å². The molecule has 1 N–H and O–H groups in total. The van der Waals surface area contributed by atoms with Gasteiger partial charge in [-0.1, -0.05) is 0 Å². The topological polar surface area (TPSA) is 47.6 Å². The number of amides is 1. The van der Waals surface area contributed by atoms with Gasteiger partial charge in [0, 0.05) is 11.6 Å². The van der Waals surface area contributed by atoms with Crippen molar-refractivity contribution in [2.45, 2.75) is 13.3 Å². The van der Waals surface area contributed by atoms with Crippen molar-refractivity contribution < 1.29 is 14.3 Å². The van der Waals surface area contributed by atoms with Gasteiger partial charge in [-0.25, -0.2) is 4.79 Å². The van der Waals surface area contributed by atoms with Crippen molar-refractivity contribution >= 4 is 23.4 Å². The molecule has 0 spiro atoms. The smallest absolute Gasteiger partial charge is 0.411 e. The Morgan fingerprint density at radius 2 is 2.06 bits per heavy atom. The van der Waals surface area contributed by atoms with Crippen LogP contribution in [0.4, 0.5) is 10.5 Å². The van der Waals surface area contributed by atoms with Gasteiger partial charge in [-0.3, -0.25) is 5.32 Å². The predicted octanol–water partition coefficient (Wildman–Crippen LogP) is 3.26. The van der Waals surface area contributed by atoms with Gasteiger partial charge in [0.2, 0.25) is 0 Å². The van der Waals surface area contributed by atoms with Crippen LogP contribution in [0.2, 0.25) is 0 Å². The van der Waals surface area contributed by atoms with Crippen molar-refractivity contribution in [3.8, 4) is 5.75 Å². The molecular formula is C12H16ClNO3. The number of alkyl halides is 1. The highest BCUT2D eigenvalue weighted by Crippen LogP contribution is 2.16. The summed E-state index contributed by atoms with van der Waals surface area (Å²) in [5.74, 6) is 1.34. The highest BCUT2D eigenvalue weighted by molar-refractivity contribution is 6.17. The Morgan fingerprint density at radius 3 is 2.65 bits per heavy atom. The maximum absolute atomic E-state index is 11.1. The molecule has 17 heavy (non-hydrogen) atoms. The van der Waals surface area contributed by atoms with Crippen molar-refractivity contribution in [1.82, 2.24) is 0 Å². The summed E-state index contributed by atoms with van der Waals surface area (Å²) in [6, 6.07) is 7.09. The summed E-state index contributed by atoms with van der Waals surface area (Å²) >= 11 is 5.54. The maximum atomic E-state index is 11.1. The fraction of sp³-hybridized carbons (Fsp3) is 0.417. The molecule has 0 atom stereocenters. The molecule has 1 amide bonds. The molecule has 0 bridgehead atoms. The molecule has 0 aliphatic rings. The van der Waals surface area contributed by atoms with E-state index in [0.29, 0.717) is 24.8 Å². The van der Waals surface area contributed by atoms with Crippen molar-refractivity contribution in [2.24, 2.45) is 0 Å². The summed E-state index contributed by atoms with van der Waals surface area (Å²) < 4.78 is 10.2. The van der Waals surface area contributed by atoms with E-state index in [1.54, 1.807) is 31.2 Å². The summed E-state index contributed by atoms with van der Waals surface area (Å²) in [5, 5.41) is 2.60. The lowest BCUT2D eigenvalue weighted by Gasteiger charge is -2.07. The van der Waals surface area contributed by atoms with Crippen LogP contribution >= 0.6 is 11.6 Å². The lowest BCUT2D eigenvalue weighted by Crippen LogP contribution is -2.13. The first-order chi connectivity index (χ1) is 8.26. The molecule has 1 aromatic carbocycles. The standard InChI is InChI=1S/C12H16ClNO3/c1-2-16-12(15)14-10-4-6-11(7-5-10)17-9-3-8-13/h4-7H,2-3,8-9H2,1H3,(H,14,15). The second-order valence-corrected chi connectivity index (χ2v) is 3.64. The van der Waals surface area contributed by atoms with Crippen LogP contribution in [0.15, 0.2) is 24.3 Å². The van der Waals surface area contributed by atoms with Crippen LogP contribution in [-0.4, -0.2) is 25.2 Å². The number of carbonyl (C=O) groups is 1. The minimum Gasteiger partial charge on any atom is -0.494 e. The van der Waals surface area contributed by atoms with Crippen LogP contribution in [0.3, 0.4) is 0 Å². The Morgan fingerprint density at radius 1 is 1.35 bits per heavy atom. The zero-order valence-electron chi connectivity index (χ0n) is 9.74. The highest BCUT2D eigenvalue weighted by atomic mass is 35.5. The normalized spacial score (nSPS) is 9.76. The van der Waals surface area contributed by atoms with Gasteiger partial charge in [-0.05, 0) is 37.6 Å². The van der Waals surface area contributed by atoms with E-state index in [4.69, 9.17) is 21.1 Å². The summed E-state index contributed by atoms with van der Waals surface area (Å²) in [6.45, 7) is 2.70. The molecule has 4 nitrogen and oxygen atoms in total. The van der Waals surface area contributed by atoms with E-state index in [-0.39, 0.29) is 0 Å². The second-order valence-electron chi connectivity index (χ2n) is 3.26. The van der Waals surface area contributed by atoms with Crippen LogP contribution in [0.1, 0.15) is 13.3 Å². The summed E-state index contributed by atoms with van der Waals surface area (Å²) in [7, 11) is 0. The van der Waals surface area contributed by atoms with E-state index < -0.39 is 6.09 Å². The van der Waals surface area contributed by atoms with Crippen LogP contribution in [0, 0.1) is 0 Å². The van der Waals surface area contributed by atoms with Gasteiger partial charge in [-0.2, -0.15) is 0 Å². The fourth-order valence-corrected chi connectivity index (χ4v) is 1.27. The monoisotopic (exact) mass is 257 g/mol. The third-order valence-corrected chi connectivity index (χ3v) is 2.19. The molecule has 1 aromatic rings. The van der Waals surface area contributed by atoms with Gasteiger partial charge in [0.05, 0.1) is 13.2 Å². The average molecular weight is 258 g/mol. The second kappa shape index (κ2) is 7.79. The fourth-order valence-electron chi connectivity index (χ4n) is 1.16. The zero-order valence-corrected chi connectivity index (χ0v) is 10.5. The average Bonchev–Trinajstić information content (AvgIpc) is 2.32. The third-order valence-electron chi connectivity index (χ3n) is 1.92. The zero-order chi connectivity index (χ0) is 12.5. The highest BCUT2D eigenvalue weighted by Gasteiger charge is 2.01. The summed E-state index contributed by atoms with van der Waals surface area (Å²) in [5.41, 5.74) is 0.674. The Hall–Kier alpha value is -1.42. The number of hydrogen-bond acceptors (Lipinski definition) is 3. The van der Waals surface area contributed by atoms with Gasteiger partial charge in [0.1, 0.15) is 5.75 Å². The molecule has 0 aliphatic heterocycles. The number of ether oxygens (including phenoxy) is 2. The first-order valence-corrected chi connectivity index (χ1v) is 6.02. The minimum absolute atomic E-state index is 0.353. The van der Waals surface area contributed by atoms with Crippen LogP contribution in [0.5, 0.6) is 5.75 Å². The SMILES string of the molecule is CCOC(=O)Nc1ccc(OCCCCl)cc1. The van der Waals surface area contributed by atoms with Crippen LogP contribution in [0.25, 0.3) is 0 Å². The molecule has 0 unspecified atom stereocenters. The third kappa shape index (κ3) is 5.45. The number of benzene rings is 1. The molecular weight excluding hydrogens is 242 g/mol. The van der Waals surface area contributed by atoms with E-state index in [1.165, 1.54) is 0 Å². The number of anilines is 1. The van der Waals surface area contributed by atoms with Gasteiger partial charge in [0.15, 0.2) is 0 Å². The number of nitrogens with one attached hydrogen (secondary N) is 1. The van der Waals surface area contributed by atoms with Crippen LogP contribution in [-0.2, 0) is 4.74 Å². The van der Waals surface area contributed by atoms with Gasteiger partial charge < -0.3 is 9.47 Å². The van der Waals surface area contributed by atoms with Crippen molar-refractivity contribution in [1.29, 1.82) is 0 Å². The Labute approximate surface area is 106 Å². The maximum Gasteiger partial charge on any atom is 0.411 e. The lowest BCUT2D eigenvalue weighted by molar-refractivity contribution is 0.168. The number of rotatable bonds is 6.